The molecule has 0 bridgehead atoms. The molecule has 24 heavy (non-hydrogen) atoms. The van der Waals surface area contributed by atoms with Gasteiger partial charge in [-0.25, -0.2) is 4.68 Å². The van der Waals surface area contributed by atoms with Crippen LogP contribution >= 0.6 is 0 Å². The summed E-state index contributed by atoms with van der Waals surface area (Å²) in [4.78, 5) is 16.5. The number of carbonyl (C=O) groups excluding carboxylic acids is 1. The van der Waals surface area contributed by atoms with Gasteiger partial charge >= 0.3 is 0 Å². The van der Waals surface area contributed by atoms with E-state index in [-0.39, 0.29) is 11.9 Å². The first-order chi connectivity index (χ1) is 11.5. The summed E-state index contributed by atoms with van der Waals surface area (Å²) < 4.78 is 1.78. The molecule has 5 nitrogen and oxygen atoms in total. The minimum absolute atomic E-state index is 0.0591. The van der Waals surface area contributed by atoms with Crippen LogP contribution in [-0.2, 0) is 0 Å². The number of aromatic nitrogens is 3. The van der Waals surface area contributed by atoms with Gasteiger partial charge in [-0.1, -0.05) is 17.7 Å². The average Bonchev–Trinajstić information content (AvgIpc) is 3.01. The normalized spacial score (nSPS) is 10.8. The Morgan fingerprint density at radius 1 is 1.17 bits per heavy atom. The van der Waals surface area contributed by atoms with Crippen LogP contribution in [0.5, 0.6) is 0 Å². The Kier molecular flexibility index (Phi) is 4.42. The third kappa shape index (κ3) is 3.35. The molecule has 0 saturated heterocycles. The fraction of sp³-hybridized carbons (Fsp3) is 0.211. The molecule has 0 aliphatic rings. The topological polar surface area (TPSA) is 59.8 Å². The van der Waals surface area contributed by atoms with Crippen LogP contribution in [0, 0.1) is 6.92 Å². The lowest BCUT2D eigenvalue weighted by Gasteiger charge is -2.07. The van der Waals surface area contributed by atoms with Crippen molar-refractivity contribution in [1.82, 2.24) is 20.1 Å². The number of nitrogens with zero attached hydrogens (tertiary/aromatic N) is 3. The van der Waals surface area contributed by atoms with Crippen molar-refractivity contribution in [3.63, 3.8) is 0 Å². The minimum atomic E-state index is -0.180. The van der Waals surface area contributed by atoms with Crippen molar-refractivity contribution >= 4 is 5.91 Å². The van der Waals surface area contributed by atoms with E-state index in [2.05, 4.69) is 15.4 Å². The lowest BCUT2D eigenvalue weighted by molar-refractivity contribution is 0.0937. The molecule has 0 aliphatic carbocycles. The number of nitrogens with one attached hydrogen (secondary N) is 1. The van der Waals surface area contributed by atoms with Gasteiger partial charge in [0, 0.05) is 24.0 Å². The van der Waals surface area contributed by atoms with E-state index < -0.39 is 0 Å². The summed E-state index contributed by atoms with van der Waals surface area (Å²) in [5, 5.41) is 7.40. The lowest BCUT2D eigenvalue weighted by atomic mass is 10.2. The first kappa shape index (κ1) is 15.9. The third-order valence-corrected chi connectivity index (χ3v) is 3.60. The molecular formula is C19H20N4O. The summed E-state index contributed by atoms with van der Waals surface area (Å²) in [6, 6.07) is 13.7. The van der Waals surface area contributed by atoms with Crippen molar-refractivity contribution in [1.29, 1.82) is 0 Å². The maximum Gasteiger partial charge on any atom is 0.272 e. The monoisotopic (exact) mass is 320 g/mol. The number of rotatable bonds is 4. The zero-order valence-electron chi connectivity index (χ0n) is 14.0. The number of hydrogen-bond acceptors (Lipinski definition) is 3. The van der Waals surface area contributed by atoms with Crippen molar-refractivity contribution < 1.29 is 4.79 Å². The number of carbonyl (C=O) groups is 1. The highest BCUT2D eigenvalue weighted by atomic mass is 16.2. The van der Waals surface area contributed by atoms with Crippen LogP contribution in [0.25, 0.3) is 16.9 Å². The van der Waals surface area contributed by atoms with Crippen LogP contribution in [0.4, 0.5) is 0 Å². The van der Waals surface area contributed by atoms with Crippen LogP contribution in [-0.4, -0.2) is 26.7 Å². The molecule has 0 saturated carbocycles. The Morgan fingerprint density at radius 3 is 2.54 bits per heavy atom. The molecule has 0 fully saturated rings. The maximum atomic E-state index is 12.3. The molecule has 1 amide bonds. The molecule has 0 unspecified atom stereocenters. The van der Waals surface area contributed by atoms with Gasteiger partial charge in [-0.3, -0.25) is 9.78 Å². The molecule has 1 N–H and O–H groups in total. The molecule has 5 heteroatoms. The van der Waals surface area contributed by atoms with Gasteiger partial charge in [-0.05, 0) is 51.1 Å². The van der Waals surface area contributed by atoms with Gasteiger partial charge in [0.1, 0.15) is 0 Å². The van der Waals surface area contributed by atoms with Gasteiger partial charge in [-0.2, -0.15) is 5.10 Å². The minimum Gasteiger partial charge on any atom is -0.348 e. The highest BCUT2D eigenvalue weighted by molar-refractivity contribution is 5.93. The predicted molar refractivity (Wildman–Crippen MR) is 94.1 cm³/mol. The Morgan fingerprint density at radius 2 is 1.92 bits per heavy atom. The zero-order chi connectivity index (χ0) is 17.1. The highest BCUT2D eigenvalue weighted by Gasteiger charge is 2.17. The fourth-order valence-electron chi connectivity index (χ4n) is 2.43. The largest absolute Gasteiger partial charge is 0.348 e. The fourth-order valence-corrected chi connectivity index (χ4v) is 2.43. The van der Waals surface area contributed by atoms with Gasteiger partial charge in [0.05, 0.1) is 11.4 Å². The Balaban J connectivity index is 2.10. The quantitative estimate of drug-likeness (QED) is 0.801. The molecule has 2 aromatic heterocycles. The highest BCUT2D eigenvalue weighted by Crippen LogP contribution is 2.23. The average molecular weight is 320 g/mol. The van der Waals surface area contributed by atoms with E-state index in [1.807, 2.05) is 57.2 Å². The molecule has 0 atom stereocenters. The number of amides is 1. The zero-order valence-corrected chi connectivity index (χ0v) is 14.0. The molecule has 3 aromatic rings. The second-order valence-electron chi connectivity index (χ2n) is 6.03. The summed E-state index contributed by atoms with van der Waals surface area (Å²) >= 11 is 0. The summed E-state index contributed by atoms with van der Waals surface area (Å²) in [6.07, 6.45) is 3.49. The number of pyridine rings is 1. The SMILES string of the molecule is Cc1ccc(-n2nc(C(=O)NC(C)C)cc2-c2cccnc2)cc1. The first-order valence-electron chi connectivity index (χ1n) is 7.93. The van der Waals surface area contributed by atoms with E-state index in [9.17, 15) is 4.79 Å². The molecule has 1 aromatic carbocycles. The van der Waals surface area contributed by atoms with Crippen LogP contribution in [0.1, 0.15) is 29.9 Å². The van der Waals surface area contributed by atoms with E-state index in [0.29, 0.717) is 5.69 Å². The Bertz CT molecular complexity index is 836. The van der Waals surface area contributed by atoms with Gasteiger partial charge in [-0.15, -0.1) is 0 Å². The van der Waals surface area contributed by atoms with Crippen molar-refractivity contribution in [3.05, 3.63) is 66.1 Å². The Hall–Kier alpha value is -2.95. The van der Waals surface area contributed by atoms with Crippen molar-refractivity contribution in [2.45, 2.75) is 26.8 Å². The number of aryl methyl sites for hydroxylation is 1. The Labute approximate surface area is 141 Å². The molecule has 0 aliphatic heterocycles. The van der Waals surface area contributed by atoms with Gasteiger partial charge < -0.3 is 5.32 Å². The van der Waals surface area contributed by atoms with Crippen molar-refractivity contribution in [2.24, 2.45) is 0 Å². The maximum absolute atomic E-state index is 12.3. The lowest BCUT2D eigenvalue weighted by Crippen LogP contribution is -2.30. The number of hydrogen-bond donors (Lipinski definition) is 1. The standard InChI is InChI=1S/C19H20N4O/c1-13(2)21-19(24)17-11-18(15-5-4-10-20-12-15)23(22-17)16-8-6-14(3)7-9-16/h4-13H,1-3H3,(H,21,24). The summed E-state index contributed by atoms with van der Waals surface area (Å²) in [5.74, 6) is -0.180. The van der Waals surface area contributed by atoms with Crippen LogP contribution in [0.2, 0.25) is 0 Å². The van der Waals surface area contributed by atoms with E-state index in [1.165, 1.54) is 5.56 Å². The van der Waals surface area contributed by atoms with Crippen molar-refractivity contribution in [3.8, 4) is 16.9 Å². The molecule has 3 rings (SSSR count). The van der Waals surface area contributed by atoms with E-state index >= 15 is 0 Å². The molecular weight excluding hydrogens is 300 g/mol. The molecule has 122 valence electrons. The van der Waals surface area contributed by atoms with E-state index in [4.69, 9.17) is 0 Å². The van der Waals surface area contributed by atoms with Crippen molar-refractivity contribution in [2.75, 3.05) is 0 Å². The van der Waals surface area contributed by atoms with Gasteiger partial charge in [0.25, 0.3) is 5.91 Å². The smallest absolute Gasteiger partial charge is 0.272 e. The summed E-state index contributed by atoms with van der Waals surface area (Å²) in [6.45, 7) is 5.89. The summed E-state index contributed by atoms with van der Waals surface area (Å²) in [5.41, 5.74) is 4.22. The second-order valence-corrected chi connectivity index (χ2v) is 6.03. The second kappa shape index (κ2) is 6.66. The van der Waals surface area contributed by atoms with Gasteiger partial charge in [0.2, 0.25) is 0 Å². The predicted octanol–water partition coefficient (Wildman–Crippen LogP) is 3.38. The van der Waals surface area contributed by atoms with E-state index in [0.717, 1.165) is 16.9 Å². The third-order valence-electron chi connectivity index (χ3n) is 3.60. The van der Waals surface area contributed by atoms with E-state index in [1.54, 1.807) is 23.1 Å². The number of benzene rings is 1. The van der Waals surface area contributed by atoms with Crippen LogP contribution in [0.3, 0.4) is 0 Å². The first-order valence-corrected chi connectivity index (χ1v) is 7.93. The van der Waals surface area contributed by atoms with Crippen LogP contribution in [0.15, 0.2) is 54.9 Å². The molecule has 2 heterocycles. The molecule has 0 spiro atoms. The van der Waals surface area contributed by atoms with Crippen LogP contribution < -0.4 is 5.32 Å². The van der Waals surface area contributed by atoms with Gasteiger partial charge in [0.15, 0.2) is 5.69 Å². The molecule has 0 radical (unpaired) electrons. The summed E-state index contributed by atoms with van der Waals surface area (Å²) in [7, 11) is 0.